The summed E-state index contributed by atoms with van der Waals surface area (Å²) in [5, 5.41) is 3.59. The lowest BCUT2D eigenvalue weighted by Crippen LogP contribution is -2.39. The van der Waals surface area contributed by atoms with E-state index in [4.69, 9.17) is 5.73 Å². The summed E-state index contributed by atoms with van der Waals surface area (Å²) < 4.78 is 0. The molecule has 0 amide bonds. The molecular formula is C13H29N3. The fourth-order valence-corrected chi connectivity index (χ4v) is 2.40. The second kappa shape index (κ2) is 8.97. The number of piperidine rings is 1. The molecule has 1 heterocycles. The Morgan fingerprint density at radius 1 is 1.25 bits per heavy atom. The lowest BCUT2D eigenvalue weighted by atomic mass is 9.97. The van der Waals surface area contributed by atoms with Crippen LogP contribution in [0, 0.1) is 5.92 Å². The van der Waals surface area contributed by atoms with Gasteiger partial charge in [-0.2, -0.15) is 0 Å². The number of rotatable bonds is 8. The first-order chi connectivity index (χ1) is 7.86. The van der Waals surface area contributed by atoms with E-state index in [-0.39, 0.29) is 0 Å². The minimum atomic E-state index is 0.805. The van der Waals surface area contributed by atoms with E-state index in [1.165, 1.54) is 58.3 Å². The predicted octanol–water partition coefficient (Wildman–Crippen LogP) is 1.44. The van der Waals surface area contributed by atoms with Gasteiger partial charge in [-0.1, -0.05) is 19.8 Å². The molecule has 1 fully saturated rings. The zero-order chi connectivity index (χ0) is 11.6. The Balaban J connectivity index is 1.95. The molecule has 1 aliphatic rings. The molecule has 0 unspecified atom stereocenters. The van der Waals surface area contributed by atoms with Gasteiger partial charge < -0.3 is 16.0 Å². The summed E-state index contributed by atoms with van der Waals surface area (Å²) in [5.74, 6) is 0.899. The van der Waals surface area contributed by atoms with E-state index in [2.05, 4.69) is 17.1 Å². The Hall–Kier alpha value is -0.120. The number of likely N-dealkylation sites (tertiary alicyclic amines) is 1. The standard InChI is InChI=1S/C13H29N3/c1-2-3-4-8-15-12-13-5-9-16(10-6-13)11-7-14/h13,15H,2-12,14H2,1H3. The van der Waals surface area contributed by atoms with E-state index >= 15 is 0 Å². The highest BCUT2D eigenvalue weighted by Gasteiger charge is 2.17. The molecule has 1 rings (SSSR count). The molecule has 0 aromatic rings. The van der Waals surface area contributed by atoms with Gasteiger partial charge in [0.1, 0.15) is 0 Å². The van der Waals surface area contributed by atoms with Crippen molar-refractivity contribution in [2.75, 3.05) is 39.3 Å². The van der Waals surface area contributed by atoms with Gasteiger partial charge in [-0.3, -0.25) is 0 Å². The van der Waals surface area contributed by atoms with Gasteiger partial charge >= 0.3 is 0 Å². The van der Waals surface area contributed by atoms with Crippen LogP contribution in [0.5, 0.6) is 0 Å². The summed E-state index contributed by atoms with van der Waals surface area (Å²) >= 11 is 0. The summed E-state index contributed by atoms with van der Waals surface area (Å²) in [7, 11) is 0. The topological polar surface area (TPSA) is 41.3 Å². The molecule has 96 valence electrons. The van der Waals surface area contributed by atoms with Crippen LogP contribution in [-0.4, -0.2) is 44.2 Å². The van der Waals surface area contributed by atoms with E-state index in [1.54, 1.807) is 0 Å². The Bertz CT molecular complexity index is 153. The molecule has 0 bridgehead atoms. The van der Waals surface area contributed by atoms with E-state index < -0.39 is 0 Å². The molecule has 1 aliphatic heterocycles. The highest BCUT2D eigenvalue weighted by molar-refractivity contribution is 4.73. The van der Waals surface area contributed by atoms with Crippen LogP contribution in [0.3, 0.4) is 0 Å². The molecule has 0 aromatic heterocycles. The molecule has 0 saturated carbocycles. The third kappa shape index (κ3) is 5.83. The maximum Gasteiger partial charge on any atom is 0.0105 e. The SMILES string of the molecule is CCCCCNCC1CCN(CCN)CC1. The van der Waals surface area contributed by atoms with Gasteiger partial charge in [0.25, 0.3) is 0 Å². The third-order valence-electron chi connectivity index (χ3n) is 3.54. The van der Waals surface area contributed by atoms with Crippen molar-refractivity contribution in [1.29, 1.82) is 0 Å². The van der Waals surface area contributed by atoms with Crippen molar-refractivity contribution < 1.29 is 0 Å². The van der Waals surface area contributed by atoms with E-state index in [0.717, 1.165) is 19.0 Å². The lowest BCUT2D eigenvalue weighted by molar-refractivity contribution is 0.186. The van der Waals surface area contributed by atoms with E-state index in [9.17, 15) is 0 Å². The number of nitrogens with two attached hydrogens (primary N) is 1. The van der Waals surface area contributed by atoms with E-state index in [0.29, 0.717) is 0 Å². The van der Waals surface area contributed by atoms with Gasteiger partial charge in [0, 0.05) is 13.1 Å². The van der Waals surface area contributed by atoms with Crippen molar-refractivity contribution in [3.05, 3.63) is 0 Å². The molecule has 0 atom stereocenters. The number of nitrogens with zero attached hydrogens (tertiary/aromatic N) is 1. The minimum absolute atomic E-state index is 0.805. The average molecular weight is 227 g/mol. The Kier molecular flexibility index (Phi) is 7.81. The van der Waals surface area contributed by atoms with Crippen molar-refractivity contribution in [1.82, 2.24) is 10.2 Å². The van der Waals surface area contributed by atoms with Crippen molar-refractivity contribution in [2.24, 2.45) is 11.7 Å². The largest absolute Gasteiger partial charge is 0.329 e. The summed E-state index contributed by atoms with van der Waals surface area (Å²) in [6, 6.07) is 0. The van der Waals surface area contributed by atoms with Crippen molar-refractivity contribution >= 4 is 0 Å². The normalized spacial score (nSPS) is 19.1. The molecule has 1 saturated heterocycles. The molecular weight excluding hydrogens is 198 g/mol. The van der Waals surface area contributed by atoms with Gasteiger partial charge in [-0.25, -0.2) is 0 Å². The molecule has 16 heavy (non-hydrogen) atoms. The highest BCUT2D eigenvalue weighted by Crippen LogP contribution is 2.15. The maximum absolute atomic E-state index is 5.57. The monoisotopic (exact) mass is 227 g/mol. The van der Waals surface area contributed by atoms with Crippen molar-refractivity contribution in [3.8, 4) is 0 Å². The Morgan fingerprint density at radius 3 is 2.62 bits per heavy atom. The Morgan fingerprint density at radius 2 is 2.00 bits per heavy atom. The second-order valence-corrected chi connectivity index (χ2v) is 4.98. The number of nitrogens with one attached hydrogen (secondary N) is 1. The van der Waals surface area contributed by atoms with Gasteiger partial charge in [-0.05, 0) is 51.4 Å². The lowest BCUT2D eigenvalue weighted by Gasteiger charge is -2.31. The first-order valence-corrected chi connectivity index (χ1v) is 7.00. The minimum Gasteiger partial charge on any atom is -0.329 e. The van der Waals surface area contributed by atoms with Crippen LogP contribution in [0.25, 0.3) is 0 Å². The molecule has 3 N–H and O–H groups in total. The Labute approximate surface area is 101 Å². The zero-order valence-electron chi connectivity index (χ0n) is 10.9. The molecule has 0 spiro atoms. The number of unbranched alkanes of at least 4 members (excludes halogenated alkanes) is 2. The predicted molar refractivity (Wildman–Crippen MR) is 70.6 cm³/mol. The van der Waals surface area contributed by atoms with Crippen LogP contribution >= 0.6 is 0 Å². The highest BCUT2D eigenvalue weighted by atomic mass is 15.1. The average Bonchev–Trinajstić information content (AvgIpc) is 2.31. The summed E-state index contributed by atoms with van der Waals surface area (Å²) in [6.07, 6.45) is 6.71. The van der Waals surface area contributed by atoms with Crippen LogP contribution in [0.4, 0.5) is 0 Å². The summed E-state index contributed by atoms with van der Waals surface area (Å²) in [6.45, 7) is 9.07. The fraction of sp³-hybridized carbons (Fsp3) is 1.00. The quantitative estimate of drug-likeness (QED) is 0.617. The second-order valence-electron chi connectivity index (χ2n) is 4.98. The molecule has 0 aromatic carbocycles. The van der Waals surface area contributed by atoms with Crippen LogP contribution in [-0.2, 0) is 0 Å². The van der Waals surface area contributed by atoms with Crippen LogP contribution < -0.4 is 11.1 Å². The molecule has 3 nitrogen and oxygen atoms in total. The molecule has 3 heteroatoms. The van der Waals surface area contributed by atoms with Crippen molar-refractivity contribution in [3.63, 3.8) is 0 Å². The van der Waals surface area contributed by atoms with E-state index in [1.807, 2.05) is 0 Å². The summed E-state index contributed by atoms with van der Waals surface area (Å²) in [5.41, 5.74) is 5.57. The van der Waals surface area contributed by atoms with Crippen LogP contribution in [0.2, 0.25) is 0 Å². The van der Waals surface area contributed by atoms with Crippen LogP contribution in [0.15, 0.2) is 0 Å². The fourth-order valence-electron chi connectivity index (χ4n) is 2.40. The number of hydrogen-bond donors (Lipinski definition) is 2. The van der Waals surface area contributed by atoms with Crippen LogP contribution in [0.1, 0.15) is 39.0 Å². The molecule has 0 aliphatic carbocycles. The number of hydrogen-bond acceptors (Lipinski definition) is 3. The first kappa shape index (κ1) is 13.9. The van der Waals surface area contributed by atoms with Gasteiger partial charge in [-0.15, -0.1) is 0 Å². The smallest absolute Gasteiger partial charge is 0.0105 e. The van der Waals surface area contributed by atoms with Gasteiger partial charge in [0.05, 0.1) is 0 Å². The van der Waals surface area contributed by atoms with Gasteiger partial charge in [0.15, 0.2) is 0 Å². The van der Waals surface area contributed by atoms with Gasteiger partial charge in [0.2, 0.25) is 0 Å². The first-order valence-electron chi connectivity index (χ1n) is 7.00. The maximum atomic E-state index is 5.57. The molecule has 0 radical (unpaired) electrons. The van der Waals surface area contributed by atoms with Crippen molar-refractivity contribution in [2.45, 2.75) is 39.0 Å². The zero-order valence-corrected chi connectivity index (χ0v) is 10.9. The third-order valence-corrected chi connectivity index (χ3v) is 3.54. The summed E-state index contributed by atoms with van der Waals surface area (Å²) in [4.78, 5) is 2.49.